The number of hydrogen-bond donors (Lipinski definition) is 0. The first-order chi connectivity index (χ1) is 16.8. The summed E-state index contributed by atoms with van der Waals surface area (Å²) in [5.41, 5.74) is 2.64. The molecule has 0 aromatic heterocycles. The molecule has 0 aliphatic heterocycles. The van der Waals surface area contributed by atoms with Gasteiger partial charge in [0.15, 0.2) is 18.1 Å². The van der Waals surface area contributed by atoms with Crippen LogP contribution in [0.4, 0.5) is 13.2 Å². The van der Waals surface area contributed by atoms with E-state index in [2.05, 4.69) is 16.9 Å². The van der Waals surface area contributed by atoms with Crippen molar-refractivity contribution >= 4 is 5.97 Å². The molecule has 0 heterocycles. The van der Waals surface area contributed by atoms with Crippen LogP contribution in [0.25, 0.3) is 11.1 Å². The zero-order valence-corrected chi connectivity index (χ0v) is 19.3. The number of halogens is 3. The molecule has 0 aliphatic carbocycles. The number of ether oxygens (including phenoxy) is 4. The smallest absolute Gasteiger partial charge is 0.490 e. The minimum absolute atomic E-state index is 0.250. The molecule has 3 aromatic rings. The minimum Gasteiger partial charge on any atom is -0.490 e. The van der Waals surface area contributed by atoms with E-state index >= 15 is 0 Å². The van der Waals surface area contributed by atoms with Crippen molar-refractivity contribution in [3.8, 4) is 28.4 Å². The fourth-order valence-electron chi connectivity index (χ4n) is 3.37. The first-order valence-corrected chi connectivity index (χ1v) is 11.3. The van der Waals surface area contributed by atoms with Crippen LogP contribution in [0.3, 0.4) is 0 Å². The number of alkyl halides is 3. The van der Waals surface area contributed by atoms with Crippen LogP contribution < -0.4 is 14.2 Å². The van der Waals surface area contributed by atoms with Crippen molar-refractivity contribution in [3.05, 3.63) is 78.4 Å². The Morgan fingerprint density at radius 3 is 2.23 bits per heavy atom. The predicted octanol–water partition coefficient (Wildman–Crippen LogP) is 6.60. The topological polar surface area (TPSA) is 54.0 Å². The summed E-state index contributed by atoms with van der Waals surface area (Å²) in [6, 6.07) is 20.8. The predicted molar refractivity (Wildman–Crippen MR) is 126 cm³/mol. The summed E-state index contributed by atoms with van der Waals surface area (Å²) in [6.07, 6.45) is -2.08. The number of rotatable bonds is 12. The maximum Gasteiger partial charge on any atom is 0.573 e. The fraction of sp³-hybridized carbons (Fsp3) is 0.296. The quantitative estimate of drug-likeness (QED) is 0.213. The molecule has 3 aromatic carbocycles. The van der Waals surface area contributed by atoms with Gasteiger partial charge in [-0.1, -0.05) is 48.5 Å². The summed E-state index contributed by atoms with van der Waals surface area (Å²) < 4.78 is 57.7. The summed E-state index contributed by atoms with van der Waals surface area (Å²) >= 11 is 0. The maximum absolute atomic E-state index is 12.4. The standard InChI is InChI=1S/C27H27F3O5/c1-2-32-26(31)19-34-24-16-13-22(21-11-14-23(15-12-21)35-27(28,29)30)18-25(24)33-17-7-6-10-20-8-4-3-5-9-20/h3-5,8-9,11-16,18H,2,6-7,10,17,19H2,1H3. The molecule has 0 aliphatic rings. The molecule has 0 unspecified atom stereocenters. The van der Waals surface area contributed by atoms with Crippen molar-refractivity contribution < 1.29 is 36.9 Å². The first kappa shape index (κ1) is 25.9. The van der Waals surface area contributed by atoms with Crippen LogP contribution in [0.15, 0.2) is 72.8 Å². The van der Waals surface area contributed by atoms with Gasteiger partial charge < -0.3 is 18.9 Å². The van der Waals surface area contributed by atoms with Gasteiger partial charge in [0.1, 0.15) is 5.75 Å². The van der Waals surface area contributed by atoms with Gasteiger partial charge in [-0.3, -0.25) is 0 Å². The van der Waals surface area contributed by atoms with Crippen LogP contribution in [-0.2, 0) is 16.0 Å². The molecule has 8 heteroatoms. The number of carbonyl (C=O) groups excluding carboxylic acids is 1. The molecule has 35 heavy (non-hydrogen) atoms. The van der Waals surface area contributed by atoms with Gasteiger partial charge in [0, 0.05) is 0 Å². The molecular weight excluding hydrogens is 461 g/mol. The summed E-state index contributed by atoms with van der Waals surface area (Å²) in [5.74, 6) is 0.0141. The summed E-state index contributed by atoms with van der Waals surface area (Å²) in [5, 5.41) is 0. The molecule has 0 saturated heterocycles. The highest BCUT2D eigenvalue weighted by molar-refractivity contribution is 5.72. The van der Waals surface area contributed by atoms with Crippen molar-refractivity contribution in [1.82, 2.24) is 0 Å². The molecule has 0 N–H and O–H groups in total. The largest absolute Gasteiger partial charge is 0.573 e. The van der Waals surface area contributed by atoms with Crippen LogP contribution in [0, 0.1) is 0 Å². The number of benzene rings is 3. The van der Waals surface area contributed by atoms with Crippen molar-refractivity contribution in [2.75, 3.05) is 19.8 Å². The SMILES string of the molecule is CCOC(=O)COc1ccc(-c2ccc(OC(F)(F)F)cc2)cc1OCCCCc1ccccc1. The van der Waals surface area contributed by atoms with Crippen molar-refractivity contribution in [1.29, 1.82) is 0 Å². The molecular formula is C27H27F3O5. The van der Waals surface area contributed by atoms with Crippen molar-refractivity contribution in [2.24, 2.45) is 0 Å². The molecule has 0 saturated carbocycles. The number of hydrogen-bond acceptors (Lipinski definition) is 5. The van der Waals surface area contributed by atoms with Gasteiger partial charge in [-0.05, 0) is 67.1 Å². The molecule has 0 atom stereocenters. The third-order valence-corrected chi connectivity index (χ3v) is 4.98. The third-order valence-electron chi connectivity index (χ3n) is 4.98. The lowest BCUT2D eigenvalue weighted by Gasteiger charge is -2.15. The Morgan fingerprint density at radius 1 is 0.829 bits per heavy atom. The lowest BCUT2D eigenvalue weighted by atomic mass is 10.0. The summed E-state index contributed by atoms with van der Waals surface area (Å²) in [6.45, 7) is 2.13. The number of esters is 1. The average molecular weight is 489 g/mol. The second-order valence-electron chi connectivity index (χ2n) is 7.62. The van der Waals surface area contributed by atoms with E-state index in [4.69, 9.17) is 14.2 Å². The molecule has 0 bridgehead atoms. The normalized spacial score (nSPS) is 11.1. The van der Waals surface area contributed by atoms with Gasteiger partial charge in [-0.25, -0.2) is 4.79 Å². The van der Waals surface area contributed by atoms with Gasteiger partial charge in [0.05, 0.1) is 13.2 Å². The molecule has 5 nitrogen and oxygen atoms in total. The van der Waals surface area contributed by atoms with E-state index in [1.54, 1.807) is 25.1 Å². The second-order valence-corrected chi connectivity index (χ2v) is 7.62. The monoisotopic (exact) mass is 488 g/mol. The lowest BCUT2D eigenvalue weighted by Crippen LogP contribution is -2.16. The van der Waals surface area contributed by atoms with Crippen LogP contribution in [0.1, 0.15) is 25.3 Å². The highest BCUT2D eigenvalue weighted by Gasteiger charge is 2.31. The Balaban J connectivity index is 1.68. The molecule has 0 fully saturated rings. The number of unbranched alkanes of at least 4 members (excludes halogenated alkanes) is 1. The Bertz CT molecular complexity index is 1070. The molecule has 186 valence electrons. The maximum atomic E-state index is 12.4. The Morgan fingerprint density at radius 2 is 1.54 bits per heavy atom. The van der Waals surface area contributed by atoms with Crippen molar-refractivity contribution in [3.63, 3.8) is 0 Å². The molecule has 0 amide bonds. The van der Waals surface area contributed by atoms with Gasteiger partial charge in [-0.2, -0.15) is 0 Å². The van der Waals surface area contributed by atoms with Gasteiger partial charge in [-0.15, -0.1) is 13.2 Å². The first-order valence-electron chi connectivity index (χ1n) is 11.3. The zero-order chi connectivity index (χ0) is 25.1. The zero-order valence-electron chi connectivity index (χ0n) is 19.3. The Hall–Kier alpha value is -3.68. The van der Waals surface area contributed by atoms with E-state index in [0.29, 0.717) is 29.2 Å². The molecule has 0 spiro atoms. The van der Waals surface area contributed by atoms with E-state index in [-0.39, 0.29) is 19.0 Å². The summed E-state index contributed by atoms with van der Waals surface area (Å²) in [7, 11) is 0. The third kappa shape index (κ3) is 8.88. The highest BCUT2D eigenvalue weighted by atomic mass is 19.4. The Kier molecular flexibility index (Phi) is 9.40. The second kappa shape index (κ2) is 12.7. The fourth-order valence-corrected chi connectivity index (χ4v) is 3.37. The average Bonchev–Trinajstić information content (AvgIpc) is 2.83. The molecule has 3 rings (SSSR count). The lowest BCUT2D eigenvalue weighted by molar-refractivity contribution is -0.274. The van der Waals surface area contributed by atoms with Gasteiger partial charge in [0.25, 0.3) is 0 Å². The van der Waals surface area contributed by atoms with Crippen LogP contribution >= 0.6 is 0 Å². The van der Waals surface area contributed by atoms with E-state index in [0.717, 1.165) is 19.3 Å². The van der Waals surface area contributed by atoms with Crippen LogP contribution in [0.5, 0.6) is 17.2 Å². The van der Waals surface area contributed by atoms with E-state index in [1.165, 1.54) is 29.8 Å². The Labute approximate surface area is 202 Å². The van der Waals surface area contributed by atoms with E-state index in [9.17, 15) is 18.0 Å². The number of aryl methyl sites for hydroxylation is 1. The van der Waals surface area contributed by atoms with Crippen LogP contribution in [0.2, 0.25) is 0 Å². The number of carbonyl (C=O) groups is 1. The minimum atomic E-state index is -4.75. The highest BCUT2D eigenvalue weighted by Crippen LogP contribution is 2.34. The van der Waals surface area contributed by atoms with Crippen molar-refractivity contribution in [2.45, 2.75) is 32.5 Å². The van der Waals surface area contributed by atoms with E-state index in [1.807, 2.05) is 18.2 Å². The summed E-state index contributed by atoms with van der Waals surface area (Å²) in [4.78, 5) is 11.7. The van der Waals surface area contributed by atoms with E-state index < -0.39 is 12.3 Å². The van der Waals surface area contributed by atoms with Gasteiger partial charge in [0.2, 0.25) is 0 Å². The van der Waals surface area contributed by atoms with Gasteiger partial charge >= 0.3 is 12.3 Å². The molecule has 0 radical (unpaired) electrons. The van der Waals surface area contributed by atoms with Crippen LogP contribution in [-0.4, -0.2) is 32.2 Å².